The smallest absolute Gasteiger partial charge is 0.0337 e. The van der Waals surface area contributed by atoms with Crippen molar-refractivity contribution in [3.8, 4) is 0 Å². The molecule has 1 aliphatic rings. The zero-order chi connectivity index (χ0) is 13.1. The molecule has 1 fully saturated rings. The largest absolute Gasteiger partial charge is 0.271 e. The van der Waals surface area contributed by atoms with Crippen LogP contribution in [0.3, 0.4) is 0 Å². The lowest BCUT2D eigenvalue weighted by atomic mass is 9.88. The summed E-state index contributed by atoms with van der Waals surface area (Å²) in [5, 5.41) is 2.18. The van der Waals surface area contributed by atoms with Crippen molar-refractivity contribution >= 4 is 23.5 Å². The molecule has 0 aliphatic carbocycles. The van der Waals surface area contributed by atoms with E-state index in [1.54, 1.807) is 0 Å². The van der Waals surface area contributed by atoms with E-state index in [2.05, 4.69) is 63.6 Å². The second kappa shape index (κ2) is 6.69. The lowest BCUT2D eigenvalue weighted by Crippen LogP contribution is -2.46. The van der Waals surface area contributed by atoms with Crippen LogP contribution in [0.1, 0.15) is 47.5 Å². The molecule has 1 aliphatic heterocycles. The third-order valence-corrected chi connectivity index (χ3v) is 6.99. The van der Waals surface area contributed by atoms with Crippen LogP contribution in [0.2, 0.25) is 0 Å². The lowest BCUT2D eigenvalue weighted by Gasteiger charge is -2.36. The summed E-state index contributed by atoms with van der Waals surface area (Å²) in [4.78, 5) is 0. The fraction of sp³-hybridized carbons (Fsp3) is 1.00. The van der Waals surface area contributed by atoms with E-state index >= 15 is 0 Å². The third kappa shape index (κ3) is 5.41. The van der Waals surface area contributed by atoms with E-state index in [1.807, 2.05) is 0 Å². The van der Waals surface area contributed by atoms with Gasteiger partial charge in [-0.25, -0.2) is 0 Å². The Morgan fingerprint density at radius 1 is 1.29 bits per heavy atom. The summed E-state index contributed by atoms with van der Waals surface area (Å²) in [5.74, 6) is 6.97. The van der Waals surface area contributed by atoms with Crippen LogP contribution in [-0.4, -0.2) is 27.5 Å². The highest BCUT2D eigenvalue weighted by Gasteiger charge is 2.31. The number of nitrogens with two attached hydrogens (primary N) is 1. The van der Waals surface area contributed by atoms with Gasteiger partial charge >= 0.3 is 0 Å². The molecule has 0 spiro atoms. The van der Waals surface area contributed by atoms with Crippen LogP contribution in [0.25, 0.3) is 0 Å². The van der Waals surface area contributed by atoms with E-state index < -0.39 is 0 Å². The minimum atomic E-state index is 0.403. The topological polar surface area (TPSA) is 38.0 Å². The average molecular weight is 277 g/mol. The van der Waals surface area contributed by atoms with Gasteiger partial charge in [0.25, 0.3) is 0 Å². The van der Waals surface area contributed by atoms with Crippen LogP contribution in [0.15, 0.2) is 0 Å². The van der Waals surface area contributed by atoms with Crippen molar-refractivity contribution in [2.75, 3.05) is 5.75 Å². The molecule has 4 atom stereocenters. The van der Waals surface area contributed by atoms with Crippen molar-refractivity contribution in [2.45, 2.75) is 69.3 Å². The molecule has 0 bridgehead atoms. The monoisotopic (exact) mass is 276 g/mol. The normalized spacial score (nSPS) is 32.5. The fourth-order valence-corrected chi connectivity index (χ4v) is 5.14. The first-order chi connectivity index (χ1) is 7.83. The fourth-order valence-electron chi connectivity index (χ4n) is 1.98. The Morgan fingerprint density at radius 2 is 1.94 bits per heavy atom. The molecular weight excluding hydrogens is 248 g/mol. The van der Waals surface area contributed by atoms with Gasteiger partial charge in [0.2, 0.25) is 0 Å². The van der Waals surface area contributed by atoms with Crippen LogP contribution < -0.4 is 11.3 Å². The summed E-state index contributed by atoms with van der Waals surface area (Å²) in [6.45, 7) is 11.6. The van der Waals surface area contributed by atoms with Gasteiger partial charge in [0.15, 0.2) is 0 Å². The minimum absolute atomic E-state index is 0.403. The summed E-state index contributed by atoms with van der Waals surface area (Å²) < 4.78 is 0. The Hall–Kier alpha value is 0.620. The predicted octanol–water partition coefficient (Wildman–Crippen LogP) is 3.27. The van der Waals surface area contributed by atoms with Crippen molar-refractivity contribution in [1.82, 2.24) is 5.43 Å². The zero-order valence-corrected chi connectivity index (χ0v) is 13.5. The first-order valence-corrected chi connectivity index (χ1v) is 8.56. The summed E-state index contributed by atoms with van der Waals surface area (Å²) in [7, 11) is 0. The van der Waals surface area contributed by atoms with Crippen molar-refractivity contribution < 1.29 is 0 Å². The first kappa shape index (κ1) is 15.7. The number of thioether (sulfide) groups is 2. The Bertz CT molecular complexity index is 228. The molecule has 17 heavy (non-hydrogen) atoms. The van der Waals surface area contributed by atoms with Crippen LogP contribution in [0.5, 0.6) is 0 Å². The number of hydrazine groups is 1. The molecule has 4 heteroatoms. The molecule has 1 saturated heterocycles. The van der Waals surface area contributed by atoms with Crippen LogP contribution in [-0.2, 0) is 0 Å². The zero-order valence-electron chi connectivity index (χ0n) is 11.8. The lowest BCUT2D eigenvalue weighted by molar-refractivity contribution is 0.330. The molecule has 0 saturated carbocycles. The predicted molar refractivity (Wildman–Crippen MR) is 82.6 cm³/mol. The molecule has 0 aromatic carbocycles. The minimum Gasteiger partial charge on any atom is -0.271 e. The van der Waals surface area contributed by atoms with Gasteiger partial charge in [0.05, 0.1) is 0 Å². The average Bonchev–Trinajstić information content (AvgIpc) is 2.22. The van der Waals surface area contributed by atoms with Gasteiger partial charge in [-0.05, 0) is 18.3 Å². The summed E-state index contributed by atoms with van der Waals surface area (Å²) in [6.07, 6.45) is 2.41. The van der Waals surface area contributed by atoms with Gasteiger partial charge in [-0.3, -0.25) is 11.3 Å². The van der Waals surface area contributed by atoms with E-state index in [1.165, 1.54) is 18.6 Å². The van der Waals surface area contributed by atoms with Gasteiger partial charge in [-0.15, -0.1) is 0 Å². The highest BCUT2D eigenvalue weighted by atomic mass is 32.2. The quantitative estimate of drug-likeness (QED) is 0.610. The molecule has 0 aromatic rings. The Morgan fingerprint density at radius 3 is 2.41 bits per heavy atom. The second-order valence-corrected chi connectivity index (χ2v) is 9.32. The summed E-state index contributed by atoms with van der Waals surface area (Å²) in [5.41, 5.74) is 3.45. The van der Waals surface area contributed by atoms with Crippen molar-refractivity contribution in [3.63, 3.8) is 0 Å². The molecule has 0 radical (unpaired) electrons. The Labute approximate surface area is 115 Å². The maximum atomic E-state index is 5.74. The van der Waals surface area contributed by atoms with Crippen molar-refractivity contribution in [1.29, 1.82) is 0 Å². The number of rotatable bonds is 4. The number of hydrogen-bond donors (Lipinski definition) is 2. The Balaban J connectivity index is 2.45. The molecule has 4 unspecified atom stereocenters. The molecule has 0 aromatic heterocycles. The highest BCUT2D eigenvalue weighted by Crippen LogP contribution is 2.38. The SMILES string of the molecule is CC1SCC(C(CCC(C)(C)C)NN)SC1C. The molecule has 1 rings (SSSR count). The second-order valence-electron chi connectivity index (χ2n) is 6.29. The van der Waals surface area contributed by atoms with E-state index in [-0.39, 0.29) is 0 Å². The van der Waals surface area contributed by atoms with Gasteiger partial charge in [-0.1, -0.05) is 34.6 Å². The number of hydrogen-bond acceptors (Lipinski definition) is 4. The molecule has 2 nitrogen and oxygen atoms in total. The van der Waals surface area contributed by atoms with Gasteiger partial charge in [0, 0.05) is 27.5 Å². The van der Waals surface area contributed by atoms with E-state index in [0.717, 1.165) is 10.5 Å². The van der Waals surface area contributed by atoms with E-state index in [0.29, 0.717) is 16.7 Å². The maximum absolute atomic E-state index is 5.74. The van der Waals surface area contributed by atoms with Crippen LogP contribution >= 0.6 is 23.5 Å². The molecule has 1 heterocycles. The summed E-state index contributed by atoms with van der Waals surface area (Å²) >= 11 is 4.21. The van der Waals surface area contributed by atoms with Gasteiger partial charge in [0.1, 0.15) is 0 Å². The van der Waals surface area contributed by atoms with E-state index in [4.69, 9.17) is 5.84 Å². The molecule has 102 valence electrons. The van der Waals surface area contributed by atoms with Gasteiger partial charge < -0.3 is 0 Å². The molecule has 0 amide bonds. The van der Waals surface area contributed by atoms with E-state index in [9.17, 15) is 0 Å². The molecule has 3 N–H and O–H groups in total. The third-order valence-electron chi connectivity index (χ3n) is 3.44. The maximum Gasteiger partial charge on any atom is 0.0337 e. The van der Waals surface area contributed by atoms with Crippen molar-refractivity contribution in [3.05, 3.63) is 0 Å². The standard InChI is InChI=1S/C13H28N2S2/c1-9-10(2)17-12(8-16-9)11(15-14)6-7-13(3,4)5/h9-12,15H,6-8,14H2,1-5H3. The molecular formula is C13H28N2S2. The van der Waals surface area contributed by atoms with Gasteiger partial charge in [-0.2, -0.15) is 23.5 Å². The summed E-state index contributed by atoms with van der Waals surface area (Å²) in [6, 6.07) is 0.460. The highest BCUT2D eigenvalue weighted by molar-refractivity contribution is 8.07. The Kier molecular flexibility index (Phi) is 6.17. The van der Waals surface area contributed by atoms with Crippen LogP contribution in [0.4, 0.5) is 0 Å². The number of nitrogens with one attached hydrogen (secondary N) is 1. The van der Waals surface area contributed by atoms with Crippen molar-refractivity contribution in [2.24, 2.45) is 11.3 Å². The first-order valence-electron chi connectivity index (χ1n) is 6.56. The van der Waals surface area contributed by atoms with Crippen LogP contribution in [0, 0.1) is 5.41 Å².